The predicted octanol–water partition coefficient (Wildman–Crippen LogP) is 4.79. The Bertz CT molecular complexity index is 925. The van der Waals surface area contributed by atoms with Gasteiger partial charge >= 0.3 is 5.97 Å². The van der Waals surface area contributed by atoms with Crippen molar-refractivity contribution >= 4 is 18.4 Å². The van der Waals surface area contributed by atoms with Crippen LogP contribution in [0, 0.1) is 12.8 Å². The molecule has 31 heavy (non-hydrogen) atoms. The number of benzene rings is 1. The van der Waals surface area contributed by atoms with Crippen LogP contribution in [0.4, 0.5) is 0 Å². The van der Waals surface area contributed by atoms with E-state index in [1.807, 2.05) is 19.1 Å². The molecule has 0 unspecified atom stereocenters. The summed E-state index contributed by atoms with van der Waals surface area (Å²) in [4.78, 5) is 18.6. The molecule has 5 nitrogen and oxygen atoms in total. The summed E-state index contributed by atoms with van der Waals surface area (Å²) in [6, 6.07) is 7.80. The molecule has 6 heteroatoms. The van der Waals surface area contributed by atoms with E-state index in [0.29, 0.717) is 24.0 Å². The summed E-state index contributed by atoms with van der Waals surface area (Å²) in [7, 11) is 0. The van der Waals surface area contributed by atoms with Crippen LogP contribution in [0.3, 0.4) is 0 Å². The fourth-order valence-electron chi connectivity index (χ4n) is 5.49. The fraction of sp³-hybridized carbons (Fsp3) is 0.560. The zero-order chi connectivity index (χ0) is 21.3. The number of unbranched alkanes of at least 4 members (excludes halogenated alkanes) is 1. The van der Waals surface area contributed by atoms with Crippen LogP contribution in [-0.4, -0.2) is 47.2 Å². The van der Waals surface area contributed by atoms with Crippen LogP contribution in [0.2, 0.25) is 0 Å². The van der Waals surface area contributed by atoms with Crippen molar-refractivity contribution in [2.24, 2.45) is 5.92 Å². The van der Waals surface area contributed by atoms with Gasteiger partial charge in [0.2, 0.25) is 0 Å². The van der Waals surface area contributed by atoms with Gasteiger partial charge in [0, 0.05) is 17.7 Å². The summed E-state index contributed by atoms with van der Waals surface area (Å²) in [6.45, 7) is 10.0. The van der Waals surface area contributed by atoms with Crippen LogP contribution in [-0.2, 0) is 23.0 Å². The number of hydrogen-bond acceptors (Lipinski definition) is 4. The lowest BCUT2D eigenvalue weighted by Crippen LogP contribution is -2.53. The molecule has 1 aliphatic heterocycles. The Kier molecular flexibility index (Phi) is 7.38. The molecule has 2 heterocycles. The van der Waals surface area contributed by atoms with Crippen molar-refractivity contribution in [2.75, 3.05) is 26.2 Å². The summed E-state index contributed by atoms with van der Waals surface area (Å²) in [5.74, 6) is 0.547. The minimum atomic E-state index is -0.236. The number of phenols is 1. The van der Waals surface area contributed by atoms with Gasteiger partial charge in [-0.25, -0.2) is 4.79 Å². The Morgan fingerprint density at radius 3 is 2.87 bits per heavy atom. The number of esters is 1. The second-order valence-electron chi connectivity index (χ2n) is 9.00. The lowest BCUT2D eigenvalue weighted by Gasteiger charge is -2.51. The zero-order valence-electron chi connectivity index (χ0n) is 18.9. The van der Waals surface area contributed by atoms with E-state index < -0.39 is 0 Å². The minimum Gasteiger partial charge on any atom is -0.508 e. The fourth-order valence-corrected chi connectivity index (χ4v) is 5.49. The summed E-state index contributed by atoms with van der Waals surface area (Å²) in [6.07, 6.45) is 4.78. The van der Waals surface area contributed by atoms with Crippen molar-refractivity contribution in [2.45, 2.75) is 58.3 Å². The molecule has 1 aromatic carbocycles. The highest BCUT2D eigenvalue weighted by Crippen LogP contribution is 2.49. The van der Waals surface area contributed by atoms with E-state index in [1.54, 1.807) is 6.07 Å². The maximum Gasteiger partial charge on any atom is 0.355 e. The second kappa shape index (κ2) is 9.66. The number of phenolic OH excluding ortho intramolecular Hbond substituents is 1. The van der Waals surface area contributed by atoms with Gasteiger partial charge in [-0.15, -0.1) is 12.4 Å². The summed E-state index contributed by atoms with van der Waals surface area (Å²) in [5.41, 5.74) is 5.32. The Hall–Kier alpha value is -1.98. The molecular weight excluding hydrogens is 412 g/mol. The quantitative estimate of drug-likeness (QED) is 0.494. The predicted molar refractivity (Wildman–Crippen MR) is 125 cm³/mol. The molecule has 1 saturated heterocycles. The number of fused-ring (bicyclic) bond motifs is 2. The molecule has 1 fully saturated rings. The first kappa shape index (κ1) is 23.7. The number of hydrogen-bond donors (Lipinski definition) is 2. The Labute approximate surface area is 191 Å². The van der Waals surface area contributed by atoms with Crippen molar-refractivity contribution < 1.29 is 14.6 Å². The van der Waals surface area contributed by atoms with Gasteiger partial charge in [-0.1, -0.05) is 32.4 Å². The molecule has 0 saturated carbocycles. The number of aromatic amines is 1. The van der Waals surface area contributed by atoms with Crippen LogP contribution in [0.25, 0.3) is 0 Å². The first-order valence-electron chi connectivity index (χ1n) is 11.4. The largest absolute Gasteiger partial charge is 0.508 e. The maximum atomic E-state index is 12.7. The second-order valence-corrected chi connectivity index (χ2v) is 9.00. The number of H-pyrrole nitrogens is 1. The van der Waals surface area contributed by atoms with Crippen LogP contribution in [0.5, 0.6) is 5.75 Å². The molecule has 2 aromatic rings. The molecule has 0 radical (unpaired) electrons. The number of carbonyl (C=O) groups excluding carboxylic acids is 1. The van der Waals surface area contributed by atoms with Crippen molar-refractivity contribution in [1.29, 1.82) is 0 Å². The van der Waals surface area contributed by atoms with Gasteiger partial charge in [0.05, 0.1) is 6.61 Å². The van der Waals surface area contributed by atoms with Crippen molar-refractivity contribution in [3.05, 3.63) is 52.3 Å². The molecule has 0 amide bonds. The third-order valence-electron chi connectivity index (χ3n) is 7.35. The zero-order valence-corrected chi connectivity index (χ0v) is 19.7. The van der Waals surface area contributed by atoms with Crippen LogP contribution < -0.4 is 0 Å². The number of carbonyl (C=O) groups is 1. The van der Waals surface area contributed by atoms with E-state index in [1.165, 1.54) is 16.8 Å². The van der Waals surface area contributed by atoms with Crippen LogP contribution >= 0.6 is 12.4 Å². The molecular formula is C25H35ClN2O3. The van der Waals surface area contributed by atoms with Gasteiger partial charge < -0.3 is 19.7 Å². The third kappa shape index (κ3) is 4.35. The maximum absolute atomic E-state index is 12.7. The van der Waals surface area contributed by atoms with E-state index >= 15 is 0 Å². The molecule has 0 bridgehead atoms. The Morgan fingerprint density at radius 2 is 2.16 bits per heavy atom. The third-order valence-corrected chi connectivity index (χ3v) is 7.35. The average Bonchev–Trinajstić information content (AvgIpc) is 3.07. The van der Waals surface area contributed by atoms with Crippen molar-refractivity contribution in [3.8, 4) is 5.75 Å². The van der Waals surface area contributed by atoms with Gasteiger partial charge in [0.25, 0.3) is 0 Å². The van der Waals surface area contributed by atoms with E-state index in [0.717, 1.165) is 57.3 Å². The van der Waals surface area contributed by atoms with Crippen LogP contribution in [0.1, 0.15) is 66.0 Å². The molecule has 2 N–H and O–H groups in total. The molecule has 0 spiro atoms. The van der Waals surface area contributed by atoms with E-state index in [9.17, 15) is 9.90 Å². The smallest absolute Gasteiger partial charge is 0.355 e. The minimum absolute atomic E-state index is 0. The number of likely N-dealkylation sites (tertiary alicyclic amines) is 1. The molecule has 1 aliphatic carbocycles. The number of aromatic hydroxyl groups is 1. The SMILES string of the molecule is CCCCOC(=O)c1[nH]c2c(c1C)C[C@@H]1CN(CC)CC[C@@]1(c1cccc(O)c1)C2.Cl. The number of ether oxygens (including phenoxy) is 1. The Balaban J connectivity index is 0.00000272. The highest BCUT2D eigenvalue weighted by molar-refractivity contribution is 5.90. The van der Waals surface area contributed by atoms with Gasteiger partial charge in [0.1, 0.15) is 11.4 Å². The Morgan fingerprint density at radius 1 is 1.35 bits per heavy atom. The normalized spacial score (nSPS) is 22.9. The number of nitrogens with one attached hydrogen (secondary N) is 1. The highest BCUT2D eigenvalue weighted by atomic mass is 35.5. The number of piperidine rings is 1. The lowest BCUT2D eigenvalue weighted by atomic mass is 9.58. The first-order chi connectivity index (χ1) is 14.5. The molecule has 2 atom stereocenters. The van der Waals surface area contributed by atoms with Crippen molar-refractivity contribution in [3.63, 3.8) is 0 Å². The topological polar surface area (TPSA) is 65.6 Å². The van der Waals surface area contributed by atoms with E-state index in [-0.39, 0.29) is 23.8 Å². The molecule has 170 valence electrons. The standard InChI is InChI=1S/C25H34N2O3.ClH/c1-4-6-12-30-24(29)23-17(3)21-14-19-16-27(5-2)11-10-25(19,15-22(21)26-23)18-8-7-9-20(28)13-18;/h7-9,13,19,26,28H,4-6,10-12,14-16H2,1-3H3;1H/t19-,25+;/m1./s1. The van der Waals surface area contributed by atoms with Gasteiger partial charge in [-0.3, -0.25) is 0 Å². The van der Waals surface area contributed by atoms with Gasteiger partial charge in [-0.2, -0.15) is 0 Å². The highest BCUT2D eigenvalue weighted by Gasteiger charge is 2.48. The van der Waals surface area contributed by atoms with Crippen molar-refractivity contribution in [1.82, 2.24) is 9.88 Å². The van der Waals surface area contributed by atoms with E-state index in [4.69, 9.17) is 4.74 Å². The van der Waals surface area contributed by atoms with E-state index in [2.05, 4.69) is 29.8 Å². The average molecular weight is 447 g/mol. The molecule has 2 aliphatic rings. The summed E-state index contributed by atoms with van der Waals surface area (Å²) < 4.78 is 5.49. The number of halogens is 1. The molecule has 1 aromatic heterocycles. The van der Waals surface area contributed by atoms with Gasteiger partial charge in [0.15, 0.2) is 0 Å². The number of rotatable bonds is 6. The number of aromatic nitrogens is 1. The molecule has 4 rings (SSSR count). The van der Waals surface area contributed by atoms with Crippen LogP contribution in [0.15, 0.2) is 24.3 Å². The summed E-state index contributed by atoms with van der Waals surface area (Å²) in [5, 5.41) is 10.2. The van der Waals surface area contributed by atoms with Gasteiger partial charge in [-0.05, 0) is 80.4 Å². The lowest BCUT2D eigenvalue weighted by molar-refractivity contribution is 0.0492. The number of nitrogens with zero attached hydrogens (tertiary/aromatic N) is 1. The summed E-state index contributed by atoms with van der Waals surface area (Å²) >= 11 is 0. The first-order valence-corrected chi connectivity index (χ1v) is 11.4. The monoisotopic (exact) mass is 446 g/mol.